The number of fused-ring (bicyclic) bond motifs is 1. The van der Waals surface area contributed by atoms with Crippen molar-refractivity contribution in [3.05, 3.63) is 65.0 Å². The Morgan fingerprint density at radius 3 is 2.78 bits per heavy atom. The van der Waals surface area contributed by atoms with Crippen molar-refractivity contribution < 1.29 is 14.3 Å². The molecule has 1 N–H and O–H groups in total. The van der Waals surface area contributed by atoms with Gasteiger partial charge in [0, 0.05) is 22.3 Å². The fourth-order valence-corrected chi connectivity index (χ4v) is 4.02. The number of carbonyl (C=O) groups excluding carboxylic acids is 2. The number of hydrogen-bond acceptors (Lipinski definition) is 6. The summed E-state index contributed by atoms with van der Waals surface area (Å²) in [5, 5.41) is 5.14. The van der Waals surface area contributed by atoms with E-state index in [4.69, 9.17) is 4.74 Å². The Kier molecular flexibility index (Phi) is 4.96. The third-order valence-electron chi connectivity index (χ3n) is 4.30. The zero-order valence-electron chi connectivity index (χ0n) is 14.5. The van der Waals surface area contributed by atoms with Gasteiger partial charge in [-0.25, -0.2) is 9.78 Å². The van der Waals surface area contributed by atoms with Crippen LogP contribution in [0.3, 0.4) is 0 Å². The number of aromatic nitrogens is 1. The molecule has 1 amide bonds. The molecule has 0 aliphatic carbocycles. The molecule has 0 radical (unpaired) electrons. The largest absolute Gasteiger partial charge is 0.448 e. The van der Waals surface area contributed by atoms with E-state index in [0.717, 1.165) is 16.8 Å². The summed E-state index contributed by atoms with van der Waals surface area (Å²) in [4.78, 5) is 30.3. The maximum atomic E-state index is 12.5. The van der Waals surface area contributed by atoms with Crippen LogP contribution in [0.5, 0.6) is 0 Å². The molecule has 3 aromatic rings. The minimum atomic E-state index is -0.847. The van der Waals surface area contributed by atoms with Crippen LogP contribution in [0.2, 0.25) is 0 Å². The number of carbonyl (C=O) groups is 2. The van der Waals surface area contributed by atoms with Gasteiger partial charge in [-0.1, -0.05) is 30.3 Å². The number of esters is 1. The lowest BCUT2D eigenvalue weighted by molar-refractivity contribution is -0.125. The van der Waals surface area contributed by atoms with Crippen LogP contribution in [-0.4, -0.2) is 29.2 Å². The topological polar surface area (TPSA) is 68.3 Å². The first-order valence-corrected chi connectivity index (χ1v) is 10.4. The maximum absolute atomic E-state index is 12.5. The Morgan fingerprint density at radius 2 is 2.00 bits per heavy atom. The second-order valence-electron chi connectivity index (χ2n) is 6.01. The van der Waals surface area contributed by atoms with Crippen LogP contribution < -0.4 is 5.32 Å². The van der Waals surface area contributed by atoms with Crippen molar-refractivity contribution in [3.63, 3.8) is 0 Å². The second-order valence-corrected chi connectivity index (χ2v) is 7.75. The first-order valence-electron chi connectivity index (χ1n) is 8.34. The maximum Gasteiger partial charge on any atom is 0.339 e. The van der Waals surface area contributed by atoms with Crippen LogP contribution in [0.25, 0.3) is 11.3 Å². The number of amides is 1. The summed E-state index contributed by atoms with van der Waals surface area (Å²) < 4.78 is 5.29. The molecule has 2 aromatic carbocycles. The predicted molar refractivity (Wildman–Crippen MR) is 107 cm³/mol. The number of cyclic esters (lactones) is 1. The van der Waals surface area contributed by atoms with E-state index in [1.165, 1.54) is 16.2 Å². The van der Waals surface area contributed by atoms with Crippen LogP contribution in [-0.2, 0) is 16.0 Å². The molecule has 1 aliphatic rings. The lowest BCUT2D eigenvalue weighted by atomic mass is 9.98. The number of rotatable bonds is 4. The monoisotopic (exact) mass is 396 g/mol. The second kappa shape index (κ2) is 7.54. The fourth-order valence-electron chi connectivity index (χ4n) is 2.89. The van der Waals surface area contributed by atoms with E-state index < -0.39 is 12.1 Å². The molecule has 0 fully saturated rings. The van der Waals surface area contributed by atoms with Crippen LogP contribution in [0.15, 0.2) is 58.8 Å². The number of nitrogens with zero attached hydrogens (tertiary/aromatic N) is 1. The van der Waals surface area contributed by atoms with E-state index in [2.05, 4.69) is 10.3 Å². The van der Waals surface area contributed by atoms with Crippen molar-refractivity contribution in [1.82, 2.24) is 4.98 Å². The highest BCUT2D eigenvalue weighted by Gasteiger charge is 2.31. The van der Waals surface area contributed by atoms with Crippen molar-refractivity contribution in [3.8, 4) is 11.3 Å². The summed E-state index contributed by atoms with van der Waals surface area (Å²) in [7, 11) is 0. The minimum Gasteiger partial charge on any atom is -0.448 e. The van der Waals surface area contributed by atoms with Gasteiger partial charge >= 0.3 is 5.97 Å². The predicted octanol–water partition coefficient (Wildman–Crippen LogP) is 4.25. The van der Waals surface area contributed by atoms with Crippen molar-refractivity contribution in [2.45, 2.75) is 17.4 Å². The summed E-state index contributed by atoms with van der Waals surface area (Å²) in [6, 6.07) is 15.3. The van der Waals surface area contributed by atoms with Gasteiger partial charge in [0.25, 0.3) is 5.91 Å². The van der Waals surface area contributed by atoms with Gasteiger partial charge in [-0.05, 0) is 30.0 Å². The van der Waals surface area contributed by atoms with E-state index in [-0.39, 0.29) is 5.91 Å². The van der Waals surface area contributed by atoms with Gasteiger partial charge in [0.2, 0.25) is 0 Å². The molecule has 2 heterocycles. The van der Waals surface area contributed by atoms with E-state index in [9.17, 15) is 9.59 Å². The molecule has 4 rings (SSSR count). The molecule has 0 spiro atoms. The zero-order valence-corrected chi connectivity index (χ0v) is 16.1. The molecular formula is C20H16N2O3S2. The first-order chi connectivity index (χ1) is 13.1. The van der Waals surface area contributed by atoms with Gasteiger partial charge < -0.3 is 4.74 Å². The van der Waals surface area contributed by atoms with Crippen LogP contribution in [0.1, 0.15) is 15.9 Å². The average molecular weight is 396 g/mol. The third kappa shape index (κ3) is 3.74. The molecule has 5 nitrogen and oxygen atoms in total. The van der Waals surface area contributed by atoms with Gasteiger partial charge in [-0.15, -0.1) is 23.1 Å². The Hall–Kier alpha value is -2.64. The van der Waals surface area contributed by atoms with Crippen LogP contribution in [0.4, 0.5) is 5.13 Å². The summed E-state index contributed by atoms with van der Waals surface area (Å²) in [5.41, 5.74) is 3.13. The molecule has 1 aliphatic heterocycles. The molecule has 0 unspecified atom stereocenters. The van der Waals surface area contributed by atoms with Gasteiger partial charge in [0.05, 0.1) is 11.3 Å². The molecule has 0 saturated heterocycles. The number of anilines is 1. The lowest BCUT2D eigenvalue weighted by Crippen LogP contribution is -2.37. The van der Waals surface area contributed by atoms with E-state index >= 15 is 0 Å². The molecule has 1 aromatic heterocycles. The number of thioether (sulfide) groups is 1. The highest BCUT2D eigenvalue weighted by molar-refractivity contribution is 7.98. The number of hydrogen-bond donors (Lipinski definition) is 1. The van der Waals surface area contributed by atoms with Gasteiger partial charge in [-0.2, -0.15) is 0 Å². The van der Waals surface area contributed by atoms with E-state index in [1.807, 2.05) is 48.0 Å². The summed E-state index contributed by atoms with van der Waals surface area (Å²) in [6.07, 6.45) is 1.55. The molecule has 1 atom stereocenters. The average Bonchev–Trinajstić information content (AvgIpc) is 3.16. The molecule has 0 saturated carbocycles. The van der Waals surface area contributed by atoms with E-state index in [0.29, 0.717) is 17.1 Å². The highest BCUT2D eigenvalue weighted by Crippen LogP contribution is 2.27. The Morgan fingerprint density at radius 1 is 1.22 bits per heavy atom. The molecule has 136 valence electrons. The number of ether oxygens (including phenoxy) is 1. The Bertz CT molecular complexity index is 998. The van der Waals surface area contributed by atoms with Gasteiger partial charge in [-0.3, -0.25) is 10.1 Å². The number of benzene rings is 2. The highest BCUT2D eigenvalue weighted by atomic mass is 32.2. The lowest BCUT2D eigenvalue weighted by Gasteiger charge is -2.23. The Balaban J connectivity index is 1.46. The smallest absolute Gasteiger partial charge is 0.339 e. The third-order valence-corrected chi connectivity index (χ3v) is 5.81. The van der Waals surface area contributed by atoms with Crippen molar-refractivity contribution in [1.29, 1.82) is 0 Å². The molecule has 0 bridgehead atoms. The van der Waals surface area contributed by atoms with Crippen molar-refractivity contribution in [2.24, 2.45) is 0 Å². The molecule has 27 heavy (non-hydrogen) atoms. The minimum absolute atomic E-state index is 0.363. The quantitative estimate of drug-likeness (QED) is 0.527. The Labute approximate surface area is 164 Å². The van der Waals surface area contributed by atoms with E-state index in [1.54, 1.807) is 23.9 Å². The summed E-state index contributed by atoms with van der Waals surface area (Å²) in [5.74, 6) is -0.831. The zero-order chi connectivity index (χ0) is 18.8. The fraction of sp³-hybridized carbons (Fsp3) is 0.150. The normalized spacial score (nSPS) is 15.7. The summed E-state index contributed by atoms with van der Waals surface area (Å²) in [6.45, 7) is 0. The SMILES string of the molecule is CSc1ccc(-c2csc(NC(=O)[C@H]3Cc4ccccc4C(=O)O3)n2)cc1. The van der Waals surface area contributed by atoms with Crippen molar-refractivity contribution in [2.75, 3.05) is 11.6 Å². The standard InChI is InChI=1S/C20H16N2O3S2/c1-26-14-8-6-12(7-9-14)16-11-27-20(21-16)22-18(23)17-10-13-4-2-3-5-15(13)19(24)25-17/h2-9,11,17H,10H2,1H3,(H,21,22,23)/t17-/m1/s1. The van der Waals surface area contributed by atoms with Crippen LogP contribution in [0, 0.1) is 0 Å². The summed E-state index contributed by atoms with van der Waals surface area (Å²) >= 11 is 3.03. The first kappa shape index (κ1) is 17.8. The van der Waals surface area contributed by atoms with Gasteiger partial charge in [0.15, 0.2) is 11.2 Å². The number of thiazole rings is 1. The molecular weight excluding hydrogens is 380 g/mol. The van der Waals surface area contributed by atoms with Crippen LogP contribution >= 0.6 is 23.1 Å². The van der Waals surface area contributed by atoms with Gasteiger partial charge in [0.1, 0.15) is 0 Å². The molecule has 7 heteroatoms. The number of nitrogens with one attached hydrogen (secondary N) is 1. The van der Waals surface area contributed by atoms with Crippen molar-refractivity contribution >= 4 is 40.1 Å².